The molecule has 0 aromatic heterocycles. The zero-order valence-electron chi connectivity index (χ0n) is 13.2. The molecule has 1 heterocycles. The highest BCUT2D eigenvalue weighted by atomic mass is 16.5. The molecule has 0 amide bonds. The van der Waals surface area contributed by atoms with Gasteiger partial charge in [0.05, 0.1) is 13.7 Å². The zero-order valence-corrected chi connectivity index (χ0v) is 13.2. The third kappa shape index (κ3) is 3.74. The Labute approximate surface area is 136 Å². The Morgan fingerprint density at radius 1 is 1.26 bits per heavy atom. The van der Waals surface area contributed by atoms with Gasteiger partial charge in [-0.15, -0.1) is 0 Å². The largest absolute Gasteiger partial charge is 0.497 e. The Balaban J connectivity index is 1.63. The molecule has 0 saturated carbocycles. The van der Waals surface area contributed by atoms with E-state index in [0.717, 1.165) is 30.2 Å². The van der Waals surface area contributed by atoms with Crippen LogP contribution in [0.15, 0.2) is 53.5 Å². The van der Waals surface area contributed by atoms with Crippen molar-refractivity contribution < 1.29 is 9.47 Å². The van der Waals surface area contributed by atoms with Crippen molar-refractivity contribution in [2.24, 2.45) is 10.7 Å². The SMILES string of the molecule is COc1ccc(NC(N)=NCC2CCOc3ccccc32)cc1. The Morgan fingerprint density at radius 3 is 2.83 bits per heavy atom. The maximum atomic E-state index is 5.99. The van der Waals surface area contributed by atoms with Gasteiger partial charge in [-0.3, -0.25) is 4.99 Å². The second-order valence-electron chi connectivity index (χ2n) is 5.45. The van der Waals surface area contributed by atoms with Crippen molar-refractivity contribution in [3.05, 3.63) is 54.1 Å². The van der Waals surface area contributed by atoms with Crippen LogP contribution in [0.25, 0.3) is 0 Å². The van der Waals surface area contributed by atoms with Crippen molar-refractivity contribution in [1.29, 1.82) is 0 Å². The lowest BCUT2D eigenvalue weighted by Gasteiger charge is -2.24. The van der Waals surface area contributed by atoms with E-state index in [9.17, 15) is 0 Å². The molecule has 1 aliphatic rings. The number of anilines is 1. The van der Waals surface area contributed by atoms with Crippen molar-refractivity contribution in [2.45, 2.75) is 12.3 Å². The number of nitrogens with two attached hydrogens (primary N) is 1. The number of nitrogens with zero attached hydrogens (tertiary/aromatic N) is 1. The molecule has 5 nitrogen and oxygen atoms in total. The number of ether oxygens (including phenoxy) is 2. The molecule has 0 spiro atoms. The summed E-state index contributed by atoms with van der Waals surface area (Å²) >= 11 is 0. The molecule has 1 atom stereocenters. The normalized spacial score (nSPS) is 17.1. The number of guanidine groups is 1. The minimum Gasteiger partial charge on any atom is -0.497 e. The van der Waals surface area contributed by atoms with Crippen LogP contribution in [0.5, 0.6) is 11.5 Å². The highest BCUT2D eigenvalue weighted by Crippen LogP contribution is 2.33. The molecule has 0 aliphatic carbocycles. The molecule has 5 heteroatoms. The van der Waals surface area contributed by atoms with Crippen molar-refractivity contribution >= 4 is 11.6 Å². The van der Waals surface area contributed by atoms with Crippen LogP contribution in [0.1, 0.15) is 17.9 Å². The second-order valence-corrected chi connectivity index (χ2v) is 5.45. The van der Waals surface area contributed by atoms with Crippen molar-refractivity contribution in [3.63, 3.8) is 0 Å². The summed E-state index contributed by atoms with van der Waals surface area (Å²) in [5.41, 5.74) is 8.09. The molecule has 0 fully saturated rings. The van der Waals surface area contributed by atoms with E-state index in [4.69, 9.17) is 15.2 Å². The van der Waals surface area contributed by atoms with E-state index in [1.54, 1.807) is 7.11 Å². The fourth-order valence-corrected chi connectivity index (χ4v) is 2.68. The molecular weight excluding hydrogens is 290 g/mol. The van der Waals surface area contributed by atoms with Crippen LogP contribution in [-0.2, 0) is 0 Å². The standard InChI is InChI=1S/C18H21N3O2/c1-22-15-8-6-14(7-9-15)21-18(19)20-12-13-10-11-23-17-5-3-2-4-16(13)17/h2-9,13H,10-12H2,1H3,(H3,19,20,21). The third-order valence-electron chi connectivity index (χ3n) is 3.93. The van der Waals surface area contributed by atoms with Crippen LogP contribution in [0.2, 0.25) is 0 Å². The minimum absolute atomic E-state index is 0.344. The number of benzene rings is 2. The van der Waals surface area contributed by atoms with Gasteiger partial charge in [0.15, 0.2) is 5.96 Å². The molecule has 3 N–H and O–H groups in total. The lowest BCUT2D eigenvalue weighted by molar-refractivity contribution is 0.269. The average Bonchev–Trinajstić information content (AvgIpc) is 2.60. The first-order chi connectivity index (χ1) is 11.3. The molecule has 2 aromatic carbocycles. The van der Waals surface area contributed by atoms with Crippen molar-refractivity contribution in [1.82, 2.24) is 0 Å². The molecule has 0 saturated heterocycles. The molecular formula is C18H21N3O2. The number of hydrogen-bond donors (Lipinski definition) is 2. The van der Waals surface area contributed by atoms with Gasteiger partial charge < -0.3 is 20.5 Å². The van der Waals surface area contributed by atoms with Crippen LogP contribution in [0, 0.1) is 0 Å². The summed E-state index contributed by atoms with van der Waals surface area (Å²) in [5, 5.41) is 3.10. The summed E-state index contributed by atoms with van der Waals surface area (Å²) in [6.07, 6.45) is 0.955. The van der Waals surface area contributed by atoms with E-state index in [1.807, 2.05) is 42.5 Å². The fraction of sp³-hybridized carbons (Fsp3) is 0.278. The second kappa shape index (κ2) is 7.05. The average molecular weight is 311 g/mol. The van der Waals surface area contributed by atoms with E-state index in [-0.39, 0.29) is 0 Å². The topological polar surface area (TPSA) is 68.9 Å². The van der Waals surface area contributed by atoms with Gasteiger partial charge in [-0.05, 0) is 42.3 Å². The molecule has 2 aromatic rings. The van der Waals surface area contributed by atoms with Crippen LogP contribution in [-0.4, -0.2) is 26.2 Å². The van der Waals surface area contributed by atoms with E-state index >= 15 is 0 Å². The predicted octanol–water partition coefficient (Wildman–Crippen LogP) is 2.99. The number of para-hydroxylation sites is 1. The van der Waals surface area contributed by atoms with Gasteiger partial charge in [0.25, 0.3) is 0 Å². The van der Waals surface area contributed by atoms with Gasteiger partial charge in [-0.1, -0.05) is 18.2 Å². The summed E-state index contributed by atoms with van der Waals surface area (Å²) in [7, 11) is 1.64. The first-order valence-corrected chi connectivity index (χ1v) is 7.69. The number of nitrogens with one attached hydrogen (secondary N) is 1. The maximum absolute atomic E-state index is 5.99. The molecule has 0 bridgehead atoms. The van der Waals surface area contributed by atoms with Crippen molar-refractivity contribution in [3.8, 4) is 11.5 Å². The number of hydrogen-bond acceptors (Lipinski definition) is 3. The predicted molar refractivity (Wildman–Crippen MR) is 92.4 cm³/mol. The number of methoxy groups -OCH3 is 1. The lowest BCUT2D eigenvalue weighted by Crippen LogP contribution is -2.24. The summed E-state index contributed by atoms with van der Waals surface area (Å²) in [6.45, 7) is 1.37. The smallest absolute Gasteiger partial charge is 0.193 e. The van der Waals surface area contributed by atoms with Crippen LogP contribution in [0.3, 0.4) is 0 Å². The van der Waals surface area contributed by atoms with Crippen molar-refractivity contribution in [2.75, 3.05) is 25.6 Å². The van der Waals surface area contributed by atoms with E-state index < -0.39 is 0 Å². The first kappa shape index (κ1) is 15.2. The number of aliphatic imine (C=N–C) groups is 1. The highest BCUT2D eigenvalue weighted by Gasteiger charge is 2.20. The van der Waals surface area contributed by atoms with Gasteiger partial charge in [-0.2, -0.15) is 0 Å². The molecule has 3 rings (SSSR count). The first-order valence-electron chi connectivity index (χ1n) is 7.69. The summed E-state index contributed by atoms with van der Waals surface area (Å²) < 4.78 is 10.8. The van der Waals surface area contributed by atoms with E-state index in [1.165, 1.54) is 5.56 Å². The molecule has 1 aliphatic heterocycles. The van der Waals surface area contributed by atoms with Crippen LogP contribution in [0.4, 0.5) is 5.69 Å². The third-order valence-corrected chi connectivity index (χ3v) is 3.93. The van der Waals surface area contributed by atoms with Gasteiger partial charge in [0.1, 0.15) is 11.5 Å². The van der Waals surface area contributed by atoms with Gasteiger partial charge in [0.2, 0.25) is 0 Å². The van der Waals surface area contributed by atoms with Gasteiger partial charge in [0, 0.05) is 18.2 Å². The summed E-state index contributed by atoms with van der Waals surface area (Å²) in [5.74, 6) is 2.53. The lowest BCUT2D eigenvalue weighted by atomic mass is 9.93. The Kier molecular flexibility index (Phi) is 4.66. The Bertz CT molecular complexity index is 683. The molecule has 0 radical (unpaired) electrons. The number of fused-ring (bicyclic) bond motifs is 1. The maximum Gasteiger partial charge on any atom is 0.193 e. The molecule has 23 heavy (non-hydrogen) atoms. The summed E-state index contributed by atoms with van der Waals surface area (Å²) in [6, 6.07) is 15.7. The van der Waals surface area contributed by atoms with Crippen LogP contribution < -0.4 is 20.5 Å². The van der Waals surface area contributed by atoms with E-state index in [0.29, 0.717) is 18.4 Å². The minimum atomic E-state index is 0.344. The molecule has 120 valence electrons. The van der Waals surface area contributed by atoms with E-state index in [2.05, 4.69) is 16.4 Å². The van der Waals surface area contributed by atoms with Gasteiger partial charge in [-0.25, -0.2) is 0 Å². The quantitative estimate of drug-likeness (QED) is 0.673. The fourth-order valence-electron chi connectivity index (χ4n) is 2.68. The Hall–Kier alpha value is -2.69. The Morgan fingerprint density at radius 2 is 2.04 bits per heavy atom. The summed E-state index contributed by atoms with van der Waals surface area (Å²) in [4.78, 5) is 4.48. The van der Waals surface area contributed by atoms with Crippen LogP contribution >= 0.6 is 0 Å². The zero-order chi connectivity index (χ0) is 16.1. The highest BCUT2D eigenvalue weighted by molar-refractivity contribution is 5.92. The molecule has 1 unspecified atom stereocenters. The monoisotopic (exact) mass is 311 g/mol. The number of rotatable bonds is 4. The van der Waals surface area contributed by atoms with Gasteiger partial charge >= 0.3 is 0 Å².